The summed E-state index contributed by atoms with van der Waals surface area (Å²) >= 11 is 5.99. The highest BCUT2D eigenvalue weighted by Gasteiger charge is 2.14. The molecule has 6 nitrogen and oxygen atoms in total. The SMILES string of the molecule is FC(F)Oc1ccc(-c2nnc3cncc(Oc4cccc(Cl)c4)n23)cc1. The van der Waals surface area contributed by atoms with E-state index in [4.69, 9.17) is 16.3 Å². The van der Waals surface area contributed by atoms with Crippen LogP contribution in [-0.4, -0.2) is 26.2 Å². The van der Waals surface area contributed by atoms with Gasteiger partial charge in [-0.25, -0.2) is 4.40 Å². The zero-order valence-corrected chi connectivity index (χ0v) is 14.3. The molecule has 4 aromatic rings. The topological polar surface area (TPSA) is 61.5 Å². The predicted octanol–water partition coefficient (Wildman–Crippen LogP) is 4.84. The van der Waals surface area contributed by atoms with Gasteiger partial charge in [0.05, 0.1) is 12.4 Å². The number of fused-ring (bicyclic) bond motifs is 1. The second kappa shape index (κ2) is 7.16. The van der Waals surface area contributed by atoms with Gasteiger partial charge in [-0.2, -0.15) is 8.78 Å². The molecule has 0 unspecified atom stereocenters. The minimum Gasteiger partial charge on any atom is -0.439 e. The van der Waals surface area contributed by atoms with E-state index >= 15 is 0 Å². The number of nitrogens with zero attached hydrogens (tertiary/aromatic N) is 4. The first kappa shape index (κ1) is 17.2. The summed E-state index contributed by atoms with van der Waals surface area (Å²) in [7, 11) is 0. The molecule has 0 aliphatic rings. The van der Waals surface area contributed by atoms with Gasteiger partial charge in [0, 0.05) is 10.6 Å². The third kappa shape index (κ3) is 3.65. The van der Waals surface area contributed by atoms with Gasteiger partial charge in [0.25, 0.3) is 0 Å². The molecule has 0 amide bonds. The number of alkyl halides is 2. The molecule has 9 heteroatoms. The van der Waals surface area contributed by atoms with Crippen LogP contribution in [0.1, 0.15) is 0 Å². The Morgan fingerprint density at radius 2 is 1.78 bits per heavy atom. The lowest BCUT2D eigenvalue weighted by Gasteiger charge is -2.10. The quantitative estimate of drug-likeness (QED) is 0.489. The van der Waals surface area contributed by atoms with Gasteiger partial charge in [-0.1, -0.05) is 17.7 Å². The molecular weight excluding hydrogens is 378 g/mol. The van der Waals surface area contributed by atoms with E-state index < -0.39 is 6.61 Å². The lowest BCUT2D eigenvalue weighted by molar-refractivity contribution is -0.0498. The Labute approximate surface area is 157 Å². The summed E-state index contributed by atoms with van der Waals surface area (Å²) in [5.41, 5.74) is 1.11. The van der Waals surface area contributed by atoms with Crippen molar-refractivity contribution in [1.29, 1.82) is 0 Å². The zero-order valence-electron chi connectivity index (χ0n) is 13.6. The number of aromatic nitrogens is 4. The number of hydrogen-bond acceptors (Lipinski definition) is 5. The summed E-state index contributed by atoms with van der Waals surface area (Å²) in [6, 6.07) is 13.0. The molecule has 0 aliphatic carbocycles. The molecule has 0 N–H and O–H groups in total. The number of rotatable bonds is 5. The Hall–Kier alpha value is -3.26. The molecule has 0 aliphatic heterocycles. The largest absolute Gasteiger partial charge is 0.439 e. The van der Waals surface area contributed by atoms with Crippen LogP contribution in [-0.2, 0) is 0 Å². The van der Waals surface area contributed by atoms with Crippen LogP contribution in [0.3, 0.4) is 0 Å². The highest BCUT2D eigenvalue weighted by molar-refractivity contribution is 6.30. The average Bonchev–Trinajstić information content (AvgIpc) is 3.07. The van der Waals surface area contributed by atoms with E-state index in [-0.39, 0.29) is 5.75 Å². The molecule has 0 saturated heterocycles. The van der Waals surface area contributed by atoms with Crippen LogP contribution < -0.4 is 9.47 Å². The molecular formula is C18H11ClF2N4O2. The maximum Gasteiger partial charge on any atom is 0.387 e. The van der Waals surface area contributed by atoms with Gasteiger partial charge in [-0.05, 0) is 42.5 Å². The average molecular weight is 389 g/mol. The molecule has 2 aromatic carbocycles. The van der Waals surface area contributed by atoms with Gasteiger partial charge in [0.15, 0.2) is 11.5 Å². The van der Waals surface area contributed by atoms with Crippen molar-refractivity contribution in [3.63, 3.8) is 0 Å². The van der Waals surface area contributed by atoms with E-state index in [1.54, 1.807) is 40.8 Å². The second-order valence-corrected chi connectivity index (χ2v) is 5.86. The van der Waals surface area contributed by atoms with Crippen LogP contribution in [0.25, 0.3) is 17.0 Å². The third-order valence-electron chi connectivity index (χ3n) is 3.64. The fourth-order valence-electron chi connectivity index (χ4n) is 2.52. The zero-order chi connectivity index (χ0) is 18.8. The van der Waals surface area contributed by atoms with Gasteiger partial charge in [-0.15, -0.1) is 10.2 Å². The molecule has 0 fully saturated rings. The molecule has 2 heterocycles. The highest BCUT2D eigenvalue weighted by Crippen LogP contribution is 2.28. The summed E-state index contributed by atoms with van der Waals surface area (Å²) in [5.74, 6) is 1.42. The van der Waals surface area contributed by atoms with Gasteiger partial charge in [-0.3, -0.25) is 4.98 Å². The maximum atomic E-state index is 12.3. The normalized spacial score (nSPS) is 11.1. The summed E-state index contributed by atoms with van der Waals surface area (Å²) in [4.78, 5) is 4.10. The summed E-state index contributed by atoms with van der Waals surface area (Å²) in [5, 5.41) is 8.77. The Morgan fingerprint density at radius 3 is 2.52 bits per heavy atom. The fraction of sp³-hybridized carbons (Fsp3) is 0.0556. The molecule has 0 saturated carbocycles. The van der Waals surface area contributed by atoms with E-state index in [1.165, 1.54) is 24.5 Å². The van der Waals surface area contributed by atoms with E-state index in [1.807, 2.05) is 0 Å². The number of hydrogen-bond donors (Lipinski definition) is 0. The summed E-state index contributed by atoms with van der Waals surface area (Å²) in [6.45, 7) is -2.88. The standard InChI is InChI=1S/C18H11ClF2N4O2/c19-12-2-1-3-14(8-12)26-16-10-22-9-15-23-24-17(25(15)16)11-4-6-13(7-5-11)27-18(20)21/h1-10,18H. The molecule has 0 spiro atoms. The summed E-state index contributed by atoms with van der Waals surface area (Å²) < 4.78 is 36.5. The first-order chi connectivity index (χ1) is 13.1. The lowest BCUT2D eigenvalue weighted by Crippen LogP contribution is -2.01. The van der Waals surface area contributed by atoms with Crippen molar-refractivity contribution in [2.24, 2.45) is 0 Å². The van der Waals surface area contributed by atoms with Crippen molar-refractivity contribution in [2.75, 3.05) is 0 Å². The van der Waals surface area contributed by atoms with Crippen LogP contribution in [0.2, 0.25) is 5.02 Å². The molecule has 2 aromatic heterocycles. The third-order valence-corrected chi connectivity index (χ3v) is 3.87. The highest BCUT2D eigenvalue weighted by atomic mass is 35.5. The van der Waals surface area contributed by atoms with Crippen LogP contribution in [0.15, 0.2) is 60.9 Å². The Kier molecular flexibility index (Phi) is 4.55. The van der Waals surface area contributed by atoms with E-state index in [0.717, 1.165) is 0 Å². The Balaban J connectivity index is 1.74. The van der Waals surface area contributed by atoms with Crippen molar-refractivity contribution in [3.8, 4) is 28.8 Å². The maximum absolute atomic E-state index is 12.3. The van der Waals surface area contributed by atoms with Gasteiger partial charge in [0.1, 0.15) is 11.5 Å². The first-order valence-corrected chi connectivity index (χ1v) is 8.16. The number of ether oxygens (including phenoxy) is 2. The monoisotopic (exact) mass is 388 g/mol. The van der Waals surface area contributed by atoms with Gasteiger partial charge in [0.2, 0.25) is 5.88 Å². The smallest absolute Gasteiger partial charge is 0.387 e. The van der Waals surface area contributed by atoms with Crippen molar-refractivity contribution in [2.45, 2.75) is 6.61 Å². The van der Waals surface area contributed by atoms with Crippen molar-refractivity contribution in [3.05, 3.63) is 65.9 Å². The molecule has 27 heavy (non-hydrogen) atoms. The van der Waals surface area contributed by atoms with E-state index in [9.17, 15) is 8.78 Å². The van der Waals surface area contributed by atoms with Crippen LogP contribution in [0, 0.1) is 0 Å². The minimum absolute atomic E-state index is 0.0552. The molecule has 0 radical (unpaired) electrons. The van der Waals surface area contributed by atoms with E-state index in [0.29, 0.717) is 33.7 Å². The molecule has 0 atom stereocenters. The predicted molar refractivity (Wildman–Crippen MR) is 94.4 cm³/mol. The molecule has 4 rings (SSSR count). The minimum atomic E-state index is -2.88. The van der Waals surface area contributed by atoms with Crippen LogP contribution in [0.5, 0.6) is 17.4 Å². The van der Waals surface area contributed by atoms with Crippen LogP contribution >= 0.6 is 11.6 Å². The van der Waals surface area contributed by atoms with Crippen LogP contribution in [0.4, 0.5) is 8.78 Å². The van der Waals surface area contributed by atoms with Gasteiger partial charge < -0.3 is 9.47 Å². The van der Waals surface area contributed by atoms with Crippen molar-refractivity contribution >= 4 is 17.2 Å². The van der Waals surface area contributed by atoms with Crippen molar-refractivity contribution < 1.29 is 18.3 Å². The second-order valence-electron chi connectivity index (χ2n) is 5.43. The summed E-state index contributed by atoms with van der Waals surface area (Å²) in [6.07, 6.45) is 3.06. The van der Waals surface area contributed by atoms with Crippen molar-refractivity contribution in [1.82, 2.24) is 19.6 Å². The molecule has 0 bridgehead atoms. The number of benzene rings is 2. The first-order valence-electron chi connectivity index (χ1n) is 7.78. The lowest BCUT2D eigenvalue weighted by atomic mass is 10.2. The van der Waals surface area contributed by atoms with E-state index in [2.05, 4.69) is 19.9 Å². The Morgan fingerprint density at radius 1 is 0.963 bits per heavy atom. The Bertz CT molecular complexity index is 1090. The fourth-order valence-corrected chi connectivity index (χ4v) is 2.70. The number of halogens is 3. The van der Waals surface area contributed by atoms with Gasteiger partial charge >= 0.3 is 6.61 Å². The molecule has 136 valence electrons.